The van der Waals surface area contributed by atoms with Gasteiger partial charge >= 0.3 is 6.18 Å². The number of aromatic nitrogens is 3. The van der Waals surface area contributed by atoms with Crippen LogP contribution in [-0.2, 0) is 25.7 Å². The molecule has 0 N–H and O–H groups in total. The number of benzene rings is 1. The molecule has 2 aromatic heterocycles. The number of hydrogen-bond donors (Lipinski definition) is 0. The summed E-state index contributed by atoms with van der Waals surface area (Å²) < 4.78 is 48.8. The number of hydrogen-bond acceptors (Lipinski definition) is 6. The van der Waals surface area contributed by atoms with Crippen molar-refractivity contribution in [1.82, 2.24) is 20.0 Å². The lowest BCUT2D eigenvalue weighted by molar-refractivity contribution is -0.145. The van der Waals surface area contributed by atoms with Gasteiger partial charge in [-0.15, -0.1) is 0 Å². The molecule has 9 heteroatoms. The Kier molecular flexibility index (Phi) is 4.76. The highest BCUT2D eigenvalue weighted by Gasteiger charge is 2.35. The molecule has 1 aliphatic heterocycles. The highest BCUT2D eigenvalue weighted by atomic mass is 19.4. The number of fused-ring (bicyclic) bond motifs is 1. The fourth-order valence-corrected chi connectivity index (χ4v) is 3.15. The van der Waals surface area contributed by atoms with Crippen molar-refractivity contribution in [2.45, 2.75) is 25.7 Å². The first kappa shape index (κ1) is 18.4. The van der Waals surface area contributed by atoms with Crippen molar-refractivity contribution in [3.8, 4) is 17.1 Å². The largest absolute Gasteiger partial charge is 0.497 e. The van der Waals surface area contributed by atoms with E-state index < -0.39 is 12.0 Å². The highest BCUT2D eigenvalue weighted by Crippen LogP contribution is 2.28. The van der Waals surface area contributed by atoms with Gasteiger partial charge in [0.1, 0.15) is 5.75 Å². The van der Waals surface area contributed by atoms with Crippen LogP contribution < -0.4 is 4.74 Å². The van der Waals surface area contributed by atoms with Gasteiger partial charge in [-0.05, 0) is 24.3 Å². The number of halogens is 3. The molecule has 0 saturated carbocycles. The third-order valence-electron chi connectivity index (χ3n) is 4.59. The molecule has 0 atom stereocenters. The van der Waals surface area contributed by atoms with Crippen molar-refractivity contribution in [3.63, 3.8) is 0 Å². The van der Waals surface area contributed by atoms with Crippen LogP contribution in [0.2, 0.25) is 0 Å². The maximum Gasteiger partial charge on any atom is 0.451 e. The second-order valence-electron chi connectivity index (χ2n) is 6.53. The minimum absolute atomic E-state index is 0.435. The van der Waals surface area contributed by atoms with Crippen molar-refractivity contribution in [3.05, 3.63) is 59.3 Å². The van der Waals surface area contributed by atoms with Crippen LogP contribution in [0.25, 0.3) is 11.3 Å². The zero-order valence-electron chi connectivity index (χ0n) is 15.0. The summed E-state index contributed by atoms with van der Waals surface area (Å²) in [5.41, 5.74) is 2.80. The number of alkyl halides is 3. The Labute approximate surface area is 159 Å². The second kappa shape index (κ2) is 7.23. The van der Waals surface area contributed by atoms with Crippen molar-refractivity contribution in [1.29, 1.82) is 0 Å². The molecule has 0 radical (unpaired) electrons. The summed E-state index contributed by atoms with van der Waals surface area (Å²) in [6, 6.07) is 9.31. The second-order valence-corrected chi connectivity index (χ2v) is 6.53. The molecule has 3 heterocycles. The van der Waals surface area contributed by atoms with Gasteiger partial charge in [0.05, 0.1) is 18.5 Å². The lowest BCUT2D eigenvalue weighted by atomic mass is 10.1. The molecular formula is C19H17F3N4O2. The van der Waals surface area contributed by atoms with Crippen LogP contribution in [0.3, 0.4) is 0 Å². The SMILES string of the molecule is COc1ccc(-c2cc(CN3CCc4nc(C(F)(F)F)ncc4C3)no2)cc1. The van der Waals surface area contributed by atoms with Crippen molar-refractivity contribution < 1.29 is 22.4 Å². The van der Waals surface area contributed by atoms with Gasteiger partial charge in [0.15, 0.2) is 5.76 Å². The molecule has 3 aromatic rings. The van der Waals surface area contributed by atoms with E-state index in [1.54, 1.807) is 7.11 Å². The van der Waals surface area contributed by atoms with Crippen LogP contribution >= 0.6 is 0 Å². The molecule has 0 bridgehead atoms. The van der Waals surface area contributed by atoms with Gasteiger partial charge < -0.3 is 9.26 Å². The number of nitrogens with zero attached hydrogens (tertiary/aromatic N) is 4. The fourth-order valence-electron chi connectivity index (χ4n) is 3.15. The summed E-state index contributed by atoms with van der Waals surface area (Å²) in [4.78, 5) is 9.21. The Morgan fingerprint density at radius 2 is 2.00 bits per heavy atom. The average Bonchev–Trinajstić information content (AvgIpc) is 3.15. The Morgan fingerprint density at radius 3 is 2.71 bits per heavy atom. The molecule has 6 nitrogen and oxygen atoms in total. The van der Waals surface area contributed by atoms with Crippen LogP contribution in [0.15, 0.2) is 41.1 Å². The van der Waals surface area contributed by atoms with E-state index in [9.17, 15) is 13.2 Å². The minimum Gasteiger partial charge on any atom is -0.497 e. The zero-order valence-corrected chi connectivity index (χ0v) is 15.0. The molecule has 0 amide bonds. The first-order valence-electron chi connectivity index (χ1n) is 8.67. The third kappa shape index (κ3) is 3.84. The summed E-state index contributed by atoms with van der Waals surface area (Å²) in [5, 5.41) is 4.10. The predicted octanol–water partition coefficient (Wildman–Crippen LogP) is 3.72. The van der Waals surface area contributed by atoms with Gasteiger partial charge in [-0.2, -0.15) is 13.2 Å². The van der Waals surface area contributed by atoms with E-state index >= 15 is 0 Å². The number of rotatable bonds is 4. The minimum atomic E-state index is -4.52. The molecule has 0 aliphatic carbocycles. The van der Waals surface area contributed by atoms with Gasteiger partial charge in [0, 0.05) is 49.4 Å². The Bertz CT molecular complexity index is 970. The maximum atomic E-state index is 12.7. The molecule has 1 aromatic carbocycles. The normalized spacial score (nSPS) is 14.7. The monoisotopic (exact) mass is 390 g/mol. The number of ether oxygens (including phenoxy) is 1. The molecule has 0 unspecified atom stereocenters. The first-order chi connectivity index (χ1) is 13.4. The molecule has 0 saturated heterocycles. The molecule has 28 heavy (non-hydrogen) atoms. The molecule has 146 valence electrons. The van der Waals surface area contributed by atoms with E-state index in [-0.39, 0.29) is 0 Å². The third-order valence-corrected chi connectivity index (χ3v) is 4.59. The Balaban J connectivity index is 1.44. The Hall–Kier alpha value is -2.94. The van der Waals surface area contributed by atoms with E-state index in [2.05, 4.69) is 20.0 Å². The van der Waals surface area contributed by atoms with Crippen molar-refractivity contribution in [2.75, 3.05) is 13.7 Å². The van der Waals surface area contributed by atoms with Crippen LogP contribution in [0.1, 0.15) is 22.8 Å². The first-order valence-corrected chi connectivity index (χ1v) is 8.67. The molecule has 0 spiro atoms. The standard InChI is InChI=1S/C19H17F3N4O2/c1-27-15-4-2-12(3-5-15)17-8-14(25-28-17)11-26-7-6-16-13(10-26)9-23-18(24-16)19(20,21)22/h2-5,8-9H,6-7,10-11H2,1H3. The van der Waals surface area contributed by atoms with Crippen LogP contribution in [-0.4, -0.2) is 33.7 Å². The summed E-state index contributed by atoms with van der Waals surface area (Å²) in [7, 11) is 1.60. The quantitative estimate of drug-likeness (QED) is 0.677. The Morgan fingerprint density at radius 1 is 1.21 bits per heavy atom. The van der Waals surface area contributed by atoms with Gasteiger partial charge in [-0.1, -0.05) is 5.16 Å². The van der Waals surface area contributed by atoms with Crippen LogP contribution in [0.5, 0.6) is 5.75 Å². The molecular weight excluding hydrogens is 373 g/mol. The van der Waals surface area contributed by atoms with E-state index in [4.69, 9.17) is 9.26 Å². The van der Waals surface area contributed by atoms with Gasteiger partial charge in [-0.3, -0.25) is 4.90 Å². The topological polar surface area (TPSA) is 64.3 Å². The van der Waals surface area contributed by atoms with Crippen molar-refractivity contribution >= 4 is 0 Å². The summed E-state index contributed by atoms with van der Waals surface area (Å²) in [6.07, 6.45) is -2.82. The summed E-state index contributed by atoms with van der Waals surface area (Å²) in [5.74, 6) is 0.319. The van der Waals surface area contributed by atoms with E-state index in [0.29, 0.717) is 43.1 Å². The smallest absolute Gasteiger partial charge is 0.451 e. The summed E-state index contributed by atoms with van der Waals surface area (Å²) in [6.45, 7) is 1.59. The van der Waals surface area contributed by atoms with Gasteiger partial charge in [0.25, 0.3) is 0 Å². The van der Waals surface area contributed by atoms with E-state index in [0.717, 1.165) is 17.0 Å². The van der Waals surface area contributed by atoms with E-state index in [1.807, 2.05) is 30.3 Å². The lowest BCUT2D eigenvalue weighted by Gasteiger charge is -2.27. The number of methoxy groups -OCH3 is 1. The molecule has 0 fully saturated rings. The van der Waals surface area contributed by atoms with Gasteiger partial charge in [-0.25, -0.2) is 9.97 Å². The highest BCUT2D eigenvalue weighted by molar-refractivity contribution is 5.58. The zero-order chi connectivity index (χ0) is 19.7. The molecule has 4 rings (SSSR count). The fraction of sp³-hybridized carbons (Fsp3) is 0.316. The lowest BCUT2D eigenvalue weighted by Crippen LogP contribution is -2.31. The summed E-state index contributed by atoms with van der Waals surface area (Å²) >= 11 is 0. The van der Waals surface area contributed by atoms with Crippen LogP contribution in [0.4, 0.5) is 13.2 Å². The predicted molar refractivity (Wildman–Crippen MR) is 93.3 cm³/mol. The van der Waals surface area contributed by atoms with E-state index in [1.165, 1.54) is 6.20 Å². The maximum absolute atomic E-state index is 12.7. The van der Waals surface area contributed by atoms with Crippen LogP contribution in [0, 0.1) is 0 Å². The van der Waals surface area contributed by atoms with Crippen molar-refractivity contribution in [2.24, 2.45) is 0 Å². The van der Waals surface area contributed by atoms with Gasteiger partial charge in [0.2, 0.25) is 5.82 Å². The average molecular weight is 390 g/mol. The molecule has 1 aliphatic rings.